The van der Waals surface area contributed by atoms with E-state index in [1.807, 2.05) is 30.0 Å². The number of nitrogens with two attached hydrogens (primary N) is 1. The van der Waals surface area contributed by atoms with Crippen LogP contribution in [0.25, 0.3) is 0 Å². The van der Waals surface area contributed by atoms with E-state index < -0.39 is 0 Å². The average molecular weight is 281 g/mol. The molecule has 2 rings (SSSR count). The van der Waals surface area contributed by atoms with Crippen molar-refractivity contribution in [2.45, 2.75) is 37.0 Å². The summed E-state index contributed by atoms with van der Waals surface area (Å²) in [7, 11) is 3.35. The highest BCUT2D eigenvalue weighted by Gasteiger charge is 2.19. The van der Waals surface area contributed by atoms with Gasteiger partial charge >= 0.3 is 0 Å². The molecule has 0 heterocycles. The Hall–Kier alpha value is -0.870. The van der Waals surface area contributed by atoms with Gasteiger partial charge in [0.25, 0.3) is 0 Å². The monoisotopic (exact) mass is 281 g/mol. The molecule has 1 aliphatic carbocycles. The molecule has 19 heavy (non-hydrogen) atoms. The van der Waals surface area contributed by atoms with Gasteiger partial charge in [-0.05, 0) is 31.0 Å². The summed E-state index contributed by atoms with van der Waals surface area (Å²) < 4.78 is 10.7. The number of methoxy groups -OCH3 is 2. The first-order valence-corrected chi connectivity index (χ1v) is 7.88. The highest BCUT2D eigenvalue weighted by molar-refractivity contribution is 7.99. The Morgan fingerprint density at radius 2 is 2.00 bits per heavy atom. The second-order valence-corrected chi connectivity index (χ2v) is 6.29. The summed E-state index contributed by atoms with van der Waals surface area (Å²) in [6.07, 6.45) is 5.42. The third-order valence-electron chi connectivity index (χ3n) is 3.65. The van der Waals surface area contributed by atoms with Crippen molar-refractivity contribution in [2.24, 2.45) is 5.73 Å². The summed E-state index contributed by atoms with van der Waals surface area (Å²) in [5.74, 6) is 2.62. The molecule has 2 N–H and O–H groups in total. The zero-order valence-electron chi connectivity index (χ0n) is 11.7. The van der Waals surface area contributed by atoms with E-state index in [0.29, 0.717) is 0 Å². The molecule has 1 unspecified atom stereocenters. The van der Waals surface area contributed by atoms with E-state index in [0.717, 1.165) is 28.1 Å². The fourth-order valence-corrected chi connectivity index (χ4v) is 3.84. The Morgan fingerprint density at radius 3 is 2.63 bits per heavy atom. The van der Waals surface area contributed by atoms with Crippen LogP contribution in [0.5, 0.6) is 11.5 Å². The molecule has 0 aliphatic heterocycles. The first kappa shape index (κ1) is 14.5. The number of hydrogen-bond donors (Lipinski definition) is 1. The van der Waals surface area contributed by atoms with Gasteiger partial charge in [-0.3, -0.25) is 0 Å². The Kier molecular flexibility index (Phi) is 5.40. The Bertz CT molecular complexity index is 405. The minimum Gasteiger partial charge on any atom is -0.497 e. The van der Waals surface area contributed by atoms with Crippen molar-refractivity contribution in [2.75, 3.05) is 20.0 Å². The van der Waals surface area contributed by atoms with Gasteiger partial charge in [-0.1, -0.05) is 12.8 Å². The first-order valence-electron chi connectivity index (χ1n) is 6.83. The van der Waals surface area contributed by atoms with Crippen molar-refractivity contribution < 1.29 is 9.47 Å². The molecule has 0 radical (unpaired) electrons. The second-order valence-electron chi connectivity index (χ2n) is 4.95. The van der Waals surface area contributed by atoms with Gasteiger partial charge in [-0.2, -0.15) is 11.8 Å². The molecular weight excluding hydrogens is 258 g/mol. The molecule has 4 heteroatoms. The second kappa shape index (κ2) is 7.06. The first-order chi connectivity index (χ1) is 9.24. The largest absolute Gasteiger partial charge is 0.497 e. The molecule has 106 valence electrons. The molecule has 1 atom stereocenters. The standard InChI is InChI=1S/C15H23NO2S/c1-17-11-7-8-15(18-2)13(9-11)14(16)10-19-12-5-3-4-6-12/h7-9,12,14H,3-6,10,16H2,1-2H3. The molecule has 1 fully saturated rings. The van der Waals surface area contributed by atoms with Crippen LogP contribution < -0.4 is 15.2 Å². The van der Waals surface area contributed by atoms with Crippen LogP contribution in [-0.2, 0) is 0 Å². The topological polar surface area (TPSA) is 44.5 Å². The summed E-state index contributed by atoms with van der Waals surface area (Å²) in [5.41, 5.74) is 7.35. The zero-order chi connectivity index (χ0) is 13.7. The molecule has 1 saturated carbocycles. The Balaban J connectivity index is 2.01. The van der Waals surface area contributed by atoms with Crippen LogP contribution in [0.1, 0.15) is 37.3 Å². The van der Waals surface area contributed by atoms with Crippen molar-refractivity contribution >= 4 is 11.8 Å². The van der Waals surface area contributed by atoms with E-state index in [-0.39, 0.29) is 6.04 Å². The van der Waals surface area contributed by atoms with Gasteiger partial charge in [0, 0.05) is 22.6 Å². The zero-order valence-corrected chi connectivity index (χ0v) is 12.5. The molecular formula is C15H23NO2S. The van der Waals surface area contributed by atoms with Crippen LogP contribution in [0, 0.1) is 0 Å². The Morgan fingerprint density at radius 1 is 1.26 bits per heavy atom. The number of thioether (sulfide) groups is 1. The van der Waals surface area contributed by atoms with Crippen LogP contribution in [-0.4, -0.2) is 25.2 Å². The van der Waals surface area contributed by atoms with Crippen LogP contribution in [0.3, 0.4) is 0 Å². The van der Waals surface area contributed by atoms with Gasteiger partial charge in [0.15, 0.2) is 0 Å². The van der Waals surface area contributed by atoms with Crippen molar-refractivity contribution in [3.05, 3.63) is 23.8 Å². The number of rotatable bonds is 6. The maximum absolute atomic E-state index is 6.32. The number of benzene rings is 1. The lowest BCUT2D eigenvalue weighted by Crippen LogP contribution is -2.16. The Labute approximate surface area is 119 Å². The SMILES string of the molecule is COc1ccc(OC)c(C(N)CSC2CCCC2)c1. The quantitative estimate of drug-likeness (QED) is 0.868. The molecule has 0 bridgehead atoms. The number of ether oxygens (including phenoxy) is 2. The molecule has 1 aromatic rings. The minimum atomic E-state index is -0.00403. The molecule has 0 amide bonds. The van der Waals surface area contributed by atoms with Crippen molar-refractivity contribution in [1.29, 1.82) is 0 Å². The third-order valence-corrected chi connectivity index (χ3v) is 5.14. The van der Waals surface area contributed by atoms with Gasteiger partial charge in [0.2, 0.25) is 0 Å². The number of hydrogen-bond acceptors (Lipinski definition) is 4. The van der Waals surface area contributed by atoms with Crippen LogP contribution in [0.15, 0.2) is 18.2 Å². The molecule has 0 aromatic heterocycles. The van der Waals surface area contributed by atoms with E-state index in [1.54, 1.807) is 14.2 Å². The van der Waals surface area contributed by atoms with E-state index in [9.17, 15) is 0 Å². The maximum atomic E-state index is 6.32. The van der Waals surface area contributed by atoms with Crippen molar-refractivity contribution in [3.63, 3.8) is 0 Å². The van der Waals surface area contributed by atoms with E-state index in [2.05, 4.69) is 0 Å². The lowest BCUT2D eigenvalue weighted by atomic mass is 10.1. The van der Waals surface area contributed by atoms with Crippen molar-refractivity contribution in [1.82, 2.24) is 0 Å². The van der Waals surface area contributed by atoms with Gasteiger partial charge in [-0.15, -0.1) is 0 Å². The molecule has 0 saturated heterocycles. The summed E-state index contributed by atoms with van der Waals surface area (Å²) in [6, 6.07) is 5.81. The predicted octanol–water partition coefficient (Wildman–Crippen LogP) is 3.38. The van der Waals surface area contributed by atoms with E-state index in [4.69, 9.17) is 15.2 Å². The fraction of sp³-hybridized carbons (Fsp3) is 0.600. The van der Waals surface area contributed by atoms with Crippen LogP contribution >= 0.6 is 11.8 Å². The van der Waals surface area contributed by atoms with Gasteiger partial charge in [0.05, 0.1) is 14.2 Å². The predicted molar refractivity (Wildman–Crippen MR) is 81.2 cm³/mol. The lowest BCUT2D eigenvalue weighted by Gasteiger charge is -2.18. The van der Waals surface area contributed by atoms with E-state index >= 15 is 0 Å². The fourth-order valence-electron chi connectivity index (χ4n) is 2.51. The molecule has 3 nitrogen and oxygen atoms in total. The third kappa shape index (κ3) is 3.80. The van der Waals surface area contributed by atoms with Crippen LogP contribution in [0.2, 0.25) is 0 Å². The van der Waals surface area contributed by atoms with Crippen LogP contribution in [0.4, 0.5) is 0 Å². The highest BCUT2D eigenvalue weighted by Crippen LogP contribution is 2.34. The van der Waals surface area contributed by atoms with Crippen molar-refractivity contribution in [3.8, 4) is 11.5 Å². The van der Waals surface area contributed by atoms with Gasteiger partial charge in [-0.25, -0.2) is 0 Å². The molecule has 0 spiro atoms. The summed E-state index contributed by atoms with van der Waals surface area (Å²) in [5, 5.41) is 0.794. The molecule has 1 aliphatic rings. The lowest BCUT2D eigenvalue weighted by molar-refractivity contribution is 0.396. The van der Waals surface area contributed by atoms with Gasteiger partial charge < -0.3 is 15.2 Å². The average Bonchev–Trinajstić information content (AvgIpc) is 2.97. The minimum absolute atomic E-state index is 0.00403. The smallest absolute Gasteiger partial charge is 0.123 e. The summed E-state index contributed by atoms with van der Waals surface area (Å²) in [6.45, 7) is 0. The molecule has 1 aromatic carbocycles. The summed E-state index contributed by atoms with van der Waals surface area (Å²) >= 11 is 2.00. The van der Waals surface area contributed by atoms with E-state index in [1.165, 1.54) is 25.7 Å². The summed E-state index contributed by atoms with van der Waals surface area (Å²) in [4.78, 5) is 0. The maximum Gasteiger partial charge on any atom is 0.123 e. The highest BCUT2D eigenvalue weighted by atomic mass is 32.2. The normalized spacial score (nSPS) is 17.4. The van der Waals surface area contributed by atoms with Gasteiger partial charge in [0.1, 0.15) is 11.5 Å².